The lowest BCUT2D eigenvalue weighted by atomic mass is 9.75. The predicted molar refractivity (Wildman–Crippen MR) is 56.0 cm³/mol. The van der Waals surface area contributed by atoms with Crippen LogP contribution in [0.1, 0.15) is 32.6 Å². The third-order valence-corrected chi connectivity index (χ3v) is 4.00. The first-order chi connectivity index (χ1) is 7.18. The maximum absolute atomic E-state index is 10.3. The van der Waals surface area contributed by atoms with E-state index in [1.807, 2.05) is 0 Å². The minimum atomic E-state index is -0.491. The zero-order chi connectivity index (χ0) is 10.9. The van der Waals surface area contributed by atoms with Crippen LogP contribution in [0.5, 0.6) is 0 Å². The van der Waals surface area contributed by atoms with Gasteiger partial charge in [-0.2, -0.15) is 5.26 Å². The largest absolute Gasteiger partial charge is 0.391 e. The second-order valence-corrected chi connectivity index (χ2v) is 5.18. The van der Waals surface area contributed by atoms with E-state index in [4.69, 9.17) is 4.74 Å². The minimum Gasteiger partial charge on any atom is -0.391 e. The van der Waals surface area contributed by atoms with Crippen LogP contribution < -0.4 is 0 Å². The van der Waals surface area contributed by atoms with E-state index in [-0.39, 0.29) is 5.92 Å². The molecule has 1 saturated carbocycles. The highest BCUT2D eigenvalue weighted by atomic mass is 16.5. The van der Waals surface area contributed by atoms with Crippen LogP contribution in [0.15, 0.2) is 0 Å². The van der Waals surface area contributed by atoms with E-state index < -0.39 is 11.5 Å². The molecule has 1 aliphatic carbocycles. The molecule has 2 fully saturated rings. The highest BCUT2D eigenvalue weighted by molar-refractivity contribution is 5.09. The second-order valence-electron chi connectivity index (χ2n) is 5.18. The summed E-state index contributed by atoms with van der Waals surface area (Å²) in [6.07, 6.45) is 3.18. The number of aliphatic hydroxyl groups excluding tert-OH is 1. The van der Waals surface area contributed by atoms with Gasteiger partial charge in [-0.05, 0) is 31.6 Å². The van der Waals surface area contributed by atoms with E-state index in [0.717, 1.165) is 32.3 Å². The number of ether oxygens (including phenoxy) is 1. The second kappa shape index (κ2) is 4.11. The molecule has 0 amide bonds. The van der Waals surface area contributed by atoms with Gasteiger partial charge in [0.1, 0.15) is 0 Å². The minimum absolute atomic E-state index is 0.176. The summed E-state index contributed by atoms with van der Waals surface area (Å²) in [5.41, 5.74) is -0.488. The van der Waals surface area contributed by atoms with Crippen molar-refractivity contribution in [2.75, 3.05) is 13.2 Å². The lowest BCUT2D eigenvalue weighted by Gasteiger charge is -2.30. The fraction of sp³-hybridized carbons (Fsp3) is 0.917. The summed E-state index contributed by atoms with van der Waals surface area (Å²) in [5.74, 6) is 0.747. The van der Waals surface area contributed by atoms with Crippen molar-refractivity contribution < 1.29 is 9.84 Å². The predicted octanol–water partition coefficient (Wildman–Crippen LogP) is 1.71. The molecule has 1 aliphatic heterocycles. The van der Waals surface area contributed by atoms with Crippen LogP contribution in [0.3, 0.4) is 0 Å². The number of hydrogen-bond acceptors (Lipinski definition) is 3. The molecule has 0 aromatic rings. The molecule has 0 aromatic heterocycles. The lowest BCUT2D eigenvalue weighted by Crippen LogP contribution is -2.38. The summed E-state index contributed by atoms with van der Waals surface area (Å²) < 4.78 is 5.28. The Kier molecular flexibility index (Phi) is 2.99. The molecular formula is C12H19NO2. The molecule has 3 heteroatoms. The molecule has 1 heterocycles. The monoisotopic (exact) mass is 209 g/mol. The fourth-order valence-corrected chi connectivity index (χ4v) is 3.02. The number of hydrogen-bond donors (Lipinski definition) is 1. The van der Waals surface area contributed by atoms with Gasteiger partial charge in [0.25, 0.3) is 0 Å². The summed E-state index contributed by atoms with van der Waals surface area (Å²) in [7, 11) is 0. The van der Waals surface area contributed by atoms with Crippen molar-refractivity contribution in [3.8, 4) is 6.07 Å². The molecular weight excluding hydrogens is 190 g/mol. The lowest BCUT2D eigenvalue weighted by molar-refractivity contribution is 0.0100. The van der Waals surface area contributed by atoms with Crippen molar-refractivity contribution in [2.45, 2.75) is 38.7 Å². The van der Waals surface area contributed by atoms with Gasteiger partial charge >= 0.3 is 0 Å². The van der Waals surface area contributed by atoms with E-state index in [1.54, 1.807) is 0 Å². The molecule has 4 atom stereocenters. The number of nitrogens with zero attached hydrogens (tertiary/aromatic N) is 1. The smallest absolute Gasteiger partial charge is 0.0838 e. The van der Waals surface area contributed by atoms with Crippen LogP contribution in [0, 0.1) is 28.6 Å². The van der Waals surface area contributed by atoms with E-state index >= 15 is 0 Å². The van der Waals surface area contributed by atoms with Gasteiger partial charge in [-0.3, -0.25) is 0 Å². The molecule has 0 bridgehead atoms. The maximum atomic E-state index is 10.3. The van der Waals surface area contributed by atoms with Gasteiger partial charge in [-0.1, -0.05) is 6.92 Å². The Hall–Kier alpha value is -0.590. The molecule has 1 N–H and O–H groups in total. The molecule has 0 spiro atoms. The normalized spacial score (nSPS) is 42.7. The third-order valence-electron chi connectivity index (χ3n) is 4.00. The third kappa shape index (κ3) is 1.89. The highest BCUT2D eigenvalue weighted by Crippen LogP contribution is 2.46. The molecule has 0 aromatic carbocycles. The van der Waals surface area contributed by atoms with Crippen LogP contribution in [0.25, 0.3) is 0 Å². The fourth-order valence-electron chi connectivity index (χ4n) is 3.02. The molecule has 15 heavy (non-hydrogen) atoms. The van der Waals surface area contributed by atoms with Crippen LogP contribution in [-0.4, -0.2) is 24.4 Å². The maximum Gasteiger partial charge on any atom is 0.0838 e. The van der Waals surface area contributed by atoms with Crippen LogP contribution in [0.4, 0.5) is 0 Å². The van der Waals surface area contributed by atoms with E-state index in [2.05, 4.69) is 13.0 Å². The van der Waals surface area contributed by atoms with Crippen molar-refractivity contribution in [3.05, 3.63) is 0 Å². The van der Waals surface area contributed by atoms with Crippen LogP contribution >= 0.6 is 0 Å². The Morgan fingerprint density at radius 2 is 2.33 bits per heavy atom. The number of rotatable bonds is 2. The molecule has 2 rings (SSSR count). The van der Waals surface area contributed by atoms with Crippen molar-refractivity contribution in [1.29, 1.82) is 5.26 Å². The first kappa shape index (κ1) is 10.9. The Balaban J connectivity index is 2.09. The van der Waals surface area contributed by atoms with Crippen LogP contribution in [0.2, 0.25) is 0 Å². The van der Waals surface area contributed by atoms with E-state index in [9.17, 15) is 10.4 Å². The van der Waals surface area contributed by atoms with Gasteiger partial charge in [0.15, 0.2) is 0 Å². The van der Waals surface area contributed by atoms with Crippen molar-refractivity contribution in [1.82, 2.24) is 0 Å². The Labute approximate surface area is 91.0 Å². The van der Waals surface area contributed by atoms with E-state index in [0.29, 0.717) is 12.5 Å². The van der Waals surface area contributed by atoms with Crippen molar-refractivity contribution in [2.24, 2.45) is 17.3 Å². The Morgan fingerprint density at radius 3 is 2.80 bits per heavy atom. The molecule has 4 unspecified atom stereocenters. The summed E-state index contributed by atoms with van der Waals surface area (Å²) in [6, 6.07) is 2.38. The Bertz CT molecular complexity index is 267. The number of nitriles is 1. The van der Waals surface area contributed by atoms with Crippen molar-refractivity contribution >= 4 is 0 Å². The molecule has 3 nitrogen and oxygen atoms in total. The molecule has 84 valence electrons. The average molecular weight is 209 g/mol. The van der Waals surface area contributed by atoms with Gasteiger partial charge in [0, 0.05) is 12.5 Å². The zero-order valence-corrected chi connectivity index (χ0v) is 9.28. The van der Waals surface area contributed by atoms with Crippen LogP contribution in [-0.2, 0) is 4.74 Å². The summed E-state index contributed by atoms with van der Waals surface area (Å²) in [6.45, 7) is 3.52. The van der Waals surface area contributed by atoms with Gasteiger partial charge < -0.3 is 9.84 Å². The summed E-state index contributed by atoms with van der Waals surface area (Å²) >= 11 is 0. The highest BCUT2D eigenvalue weighted by Gasteiger charge is 2.47. The van der Waals surface area contributed by atoms with E-state index in [1.165, 1.54) is 0 Å². The van der Waals surface area contributed by atoms with Crippen molar-refractivity contribution in [3.63, 3.8) is 0 Å². The van der Waals surface area contributed by atoms with Gasteiger partial charge in [0.05, 0.1) is 24.2 Å². The average Bonchev–Trinajstić information content (AvgIpc) is 2.86. The first-order valence-corrected chi connectivity index (χ1v) is 5.85. The Morgan fingerprint density at radius 1 is 1.53 bits per heavy atom. The quantitative estimate of drug-likeness (QED) is 0.753. The molecule has 2 aliphatic rings. The zero-order valence-electron chi connectivity index (χ0n) is 9.28. The molecule has 1 saturated heterocycles. The van der Waals surface area contributed by atoms with Gasteiger partial charge in [-0.25, -0.2) is 0 Å². The topological polar surface area (TPSA) is 53.2 Å². The SMILES string of the molecule is CC1CCC(C#N)(C(O)C2CCOC2)C1. The molecule has 0 radical (unpaired) electrons. The number of aliphatic hydroxyl groups is 1. The first-order valence-electron chi connectivity index (χ1n) is 5.85. The summed E-state index contributed by atoms with van der Waals surface area (Å²) in [5, 5.41) is 19.6. The van der Waals surface area contributed by atoms with Gasteiger partial charge in [0.2, 0.25) is 0 Å². The standard InChI is InChI=1S/C12H19NO2/c1-9-2-4-12(6-9,8-13)11(14)10-3-5-15-7-10/h9-11,14H,2-7H2,1H3. The van der Waals surface area contributed by atoms with Gasteiger partial charge in [-0.15, -0.1) is 0 Å². The summed E-state index contributed by atoms with van der Waals surface area (Å²) in [4.78, 5) is 0.